The van der Waals surface area contributed by atoms with Crippen LogP contribution in [-0.4, -0.2) is 62.7 Å². The van der Waals surface area contributed by atoms with Gasteiger partial charge in [0.05, 0.1) is 13.2 Å². The number of carbonyl (C=O) groups is 1. The van der Waals surface area contributed by atoms with Gasteiger partial charge in [0, 0.05) is 44.6 Å². The normalized spacial score (nSPS) is 25.0. The first-order valence-corrected chi connectivity index (χ1v) is 8.57. The second kappa shape index (κ2) is 8.36. The first kappa shape index (κ1) is 17.1. The molecule has 1 spiro atoms. The number of nitrogens with zero attached hydrogens (tertiary/aromatic N) is 2. The third kappa shape index (κ3) is 4.60. The molecule has 1 unspecified atom stereocenters. The molecule has 0 aromatic rings. The second-order valence-electron chi connectivity index (χ2n) is 6.31. The van der Waals surface area contributed by atoms with Crippen molar-refractivity contribution in [1.29, 1.82) is 0 Å². The summed E-state index contributed by atoms with van der Waals surface area (Å²) < 4.78 is 5.58. The third-order valence-corrected chi connectivity index (χ3v) is 4.43. The molecule has 0 aromatic carbocycles. The standard InChI is InChI=1S/C16H30N4O2/c1-3-8-18-14(21)5-9-19-15(17-4-2)20-10-6-16(12-20)7-11-22-13-16/h3-13H2,1-2H3,(H,17,19)(H,18,21). The van der Waals surface area contributed by atoms with Gasteiger partial charge in [0.2, 0.25) is 5.91 Å². The molecular formula is C16H30N4O2. The lowest BCUT2D eigenvalue weighted by Gasteiger charge is -2.24. The number of hydrogen-bond acceptors (Lipinski definition) is 3. The monoisotopic (exact) mass is 310 g/mol. The Kier molecular flexibility index (Phi) is 6.49. The molecule has 0 radical (unpaired) electrons. The zero-order valence-corrected chi connectivity index (χ0v) is 14.0. The van der Waals surface area contributed by atoms with E-state index in [2.05, 4.69) is 34.4 Å². The number of carbonyl (C=O) groups excluding carboxylic acids is 1. The topological polar surface area (TPSA) is 66.0 Å². The van der Waals surface area contributed by atoms with Crippen LogP contribution in [-0.2, 0) is 9.53 Å². The summed E-state index contributed by atoms with van der Waals surface area (Å²) >= 11 is 0. The van der Waals surface area contributed by atoms with Crippen LogP contribution in [0.15, 0.2) is 4.99 Å². The molecule has 2 fully saturated rings. The van der Waals surface area contributed by atoms with E-state index < -0.39 is 0 Å². The van der Waals surface area contributed by atoms with E-state index in [0.717, 1.165) is 58.2 Å². The summed E-state index contributed by atoms with van der Waals surface area (Å²) in [4.78, 5) is 18.6. The Bertz CT molecular complexity index is 392. The summed E-state index contributed by atoms with van der Waals surface area (Å²) in [5.41, 5.74) is 0.328. The van der Waals surface area contributed by atoms with Gasteiger partial charge >= 0.3 is 0 Å². The van der Waals surface area contributed by atoms with Crippen LogP contribution in [0.3, 0.4) is 0 Å². The molecule has 1 amide bonds. The first-order chi connectivity index (χ1) is 10.7. The van der Waals surface area contributed by atoms with E-state index in [-0.39, 0.29) is 5.91 Å². The van der Waals surface area contributed by atoms with Crippen molar-refractivity contribution in [2.24, 2.45) is 10.4 Å². The van der Waals surface area contributed by atoms with Crippen LogP contribution in [0, 0.1) is 5.41 Å². The highest BCUT2D eigenvalue weighted by Crippen LogP contribution is 2.38. The van der Waals surface area contributed by atoms with Gasteiger partial charge in [0.1, 0.15) is 0 Å². The van der Waals surface area contributed by atoms with Crippen LogP contribution in [0.1, 0.15) is 39.5 Å². The molecule has 2 rings (SSSR count). The smallest absolute Gasteiger partial charge is 0.221 e. The number of hydrogen-bond donors (Lipinski definition) is 2. The number of rotatable bonds is 6. The zero-order valence-electron chi connectivity index (χ0n) is 14.0. The molecule has 2 aliphatic heterocycles. The summed E-state index contributed by atoms with van der Waals surface area (Å²) in [5, 5.41) is 6.24. The van der Waals surface area contributed by atoms with E-state index in [1.165, 1.54) is 6.42 Å². The van der Waals surface area contributed by atoms with Gasteiger partial charge in [-0.25, -0.2) is 0 Å². The summed E-state index contributed by atoms with van der Waals surface area (Å²) in [7, 11) is 0. The molecule has 2 N–H and O–H groups in total. The fourth-order valence-electron chi connectivity index (χ4n) is 3.13. The van der Waals surface area contributed by atoms with Crippen molar-refractivity contribution in [2.75, 3.05) is 45.9 Å². The van der Waals surface area contributed by atoms with Crippen LogP contribution in [0.4, 0.5) is 0 Å². The fourth-order valence-corrected chi connectivity index (χ4v) is 3.13. The Hall–Kier alpha value is -1.30. The second-order valence-corrected chi connectivity index (χ2v) is 6.31. The lowest BCUT2D eigenvalue weighted by atomic mass is 9.87. The highest BCUT2D eigenvalue weighted by atomic mass is 16.5. The molecule has 126 valence electrons. The van der Waals surface area contributed by atoms with Crippen LogP contribution in [0.5, 0.6) is 0 Å². The van der Waals surface area contributed by atoms with Gasteiger partial charge in [-0.1, -0.05) is 6.92 Å². The molecule has 6 heteroatoms. The Morgan fingerprint density at radius 1 is 1.32 bits per heavy atom. The molecule has 0 saturated carbocycles. The van der Waals surface area contributed by atoms with Crippen molar-refractivity contribution < 1.29 is 9.53 Å². The van der Waals surface area contributed by atoms with Gasteiger partial charge in [-0.05, 0) is 26.2 Å². The van der Waals surface area contributed by atoms with E-state index in [4.69, 9.17) is 4.74 Å². The average molecular weight is 310 g/mol. The molecule has 0 aromatic heterocycles. The van der Waals surface area contributed by atoms with Crippen molar-refractivity contribution in [2.45, 2.75) is 39.5 Å². The maximum absolute atomic E-state index is 11.6. The molecule has 2 aliphatic rings. The van der Waals surface area contributed by atoms with Gasteiger partial charge in [-0.15, -0.1) is 0 Å². The average Bonchev–Trinajstić information content (AvgIpc) is 3.15. The quantitative estimate of drug-likeness (QED) is 0.567. The SMILES string of the molecule is CCCNC(=O)CCN=C(NCC)N1CCC2(CCOC2)C1. The summed E-state index contributed by atoms with van der Waals surface area (Å²) in [6.45, 7) is 10.1. The Balaban J connectivity index is 1.84. The van der Waals surface area contributed by atoms with Crippen molar-refractivity contribution in [3.8, 4) is 0 Å². The number of nitrogens with one attached hydrogen (secondary N) is 2. The molecular weight excluding hydrogens is 280 g/mol. The maximum Gasteiger partial charge on any atom is 0.221 e. The van der Waals surface area contributed by atoms with E-state index in [9.17, 15) is 4.79 Å². The highest BCUT2D eigenvalue weighted by Gasteiger charge is 2.42. The van der Waals surface area contributed by atoms with Crippen molar-refractivity contribution in [3.63, 3.8) is 0 Å². The third-order valence-electron chi connectivity index (χ3n) is 4.43. The lowest BCUT2D eigenvalue weighted by Crippen LogP contribution is -2.41. The van der Waals surface area contributed by atoms with Crippen LogP contribution in [0.25, 0.3) is 0 Å². The lowest BCUT2D eigenvalue weighted by molar-refractivity contribution is -0.120. The molecule has 2 saturated heterocycles. The summed E-state index contributed by atoms with van der Waals surface area (Å²) in [6.07, 6.45) is 3.75. The number of guanidine groups is 1. The van der Waals surface area contributed by atoms with Crippen molar-refractivity contribution >= 4 is 11.9 Å². The minimum atomic E-state index is 0.0866. The van der Waals surface area contributed by atoms with E-state index in [1.807, 2.05) is 0 Å². The van der Waals surface area contributed by atoms with Crippen LogP contribution >= 0.6 is 0 Å². The van der Waals surface area contributed by atoms with Crippen LogP contribution in [0.2, 0.25) is 0 Å². The van der Waals surface area contributed by atoms with Crippen molar-refractivity contribution in [3.05, 3.63) is 0 Å². The minimum absolute atomic E-state index is 0.0866. The Morgan fingerprint density at radius 2 is 2.18 bits per heavy atom. The van der Waals surface area contributed by atoms with Crippen LogP contribution < -0.4 is 10.6 Å². The predicted molar refractivity (Wildman–Crippen MR) is 88.0 cm³/mol. The number of aliphatic imine (C=N–C) groups is 1. The highest BCUT2D eigenvalue weighted by molar-refractivity contribution is 5.81. The molecule has 0 bridgehead atoms. The van der Waals surface area contributed by atoms with E-state index in [1.54, 1.807) is 0 Å². The fraction of sp³-hybridized carbons (Fsp3) is 0.875. The van der Waals surface area contributed by atoms with Gasteiger partial charge in [0.15, 0.2) is 5.96 Å². The number of likely N-dealkylation sites (tertiary alicyclic amines) is 1. The molecule has 6 nitrogen and oxygen atoms in total. The number of ether oxygens (including phenoxy) is 1. The largest absolute Gasteiger partial charge is 0.381 e. The minimum Gasteiger partial charge on any atom is -0.381 e. The van der Waals surface area contributed by atoms with E-state index >= 15 is 0 Å². The Labute approximate surface area is 133 Å². The number of amides is 1. The molecule has 2 heterocycles. The van der Waals surface area contributed by atoms with Gasteiger partial charge in [0.25, 0.3) is 0 Å². The summed E-state index contributed by atoms with van der Waals surface area (Å²) in [6, 6.07) is 0. The predicted octanol–water partition coefficient (Wildman–Crippen LogP) is 0.981. The molecule has 22 heavy (non-hydrogen) atoms. The van der Waals surface area contributed by atoms with Gasteiger partial charge < -0.3 is 20.3 Å². The maximum atomic E-state index is 11.6. The molecule has 1 atom stereocenters. The zero-order chi connectivity index (χ0) is 15.8. The summed E-state index contributed by atoms with van der Waals surface area (Å²) in [5.74, 6) is 1.03. The van der Waals surface area contributed by atoms with E-state index in [0.29, 0.717) is 18.4 Å². The Morgan fingerprint density at radius 3 is 2.86 bits per heavy atom. The molecule has 0 aliphatic carbocycles. The first-order valence-electron chi connectivity index (χ1n) is 8.57. The van der Waals surface area contributed by atoms with Crippen molar-refractivity contribution in [1.82, 2.24) is 15.5 Å². The van der Waals surface area contributed by atoms with Gasteiger partial charge in [-0.2, -0.15) is 0 Å². The van der Waals surface area contributed by atoms with Gasteiger partial charge in [-0.3, -0.25) is 9.79 Å².